The predicted molar refractivity (Wildman–Crippen MR) is 69.6 cm³/mol. The SMILES string of the molecule is COc1ccc2c(C)nn(CC(C)N=[N+]=[N-])c2c1. The Morgan fingerprint density at radius 1 is 1.56 bits per heavy atom. The highest BCUT2D eigenvalue weighted by Gasteiger charge is 2.10. The molecule has 94 valence electrons. The van der Waals surface area contributed by atoms with Gasteiger partial charge in [0, 0.05) is 22.9 Å². The molecule has 0 saturated heterocycles. The molecule has 0 N–H and O–H groups in total. The summed E-state index contributed by atoms with van der Waals surface area (Å²) < 4.78 is 7.07. The van der Waals surface area contributed by atoms with Crippen LogP contribution in [0.3, 0.4) is 0 Å². The van der Waals surface area contributed by atoms with Crippen LogP contribution in [0.25, 0.3) is 21.3 Å². The molecule has 1 heterocycles. The van der Waals surface area contributed by atoms with Crippen LogP contribution in [-0.4, -0.2) is 22.9 Å². The van der Waals surface area contributed by atoms with Crippen molar-refractivity contribution < 1.29 is 4.74 Å². The van der Waals surface area contributed by atoms with Crippen LogP contribution >= 0.6 is 0 Å². The summed E-state index contributed by atoms with van der Waals surface area (Å²) in [6, 6.07) is 5.71. The minimum Gasteiger partial charge on any atom is -0.497 e. The second-order valence-electron chi connectivity index (χ2n) is 4.20. The largest absolute Gasteiger partial charge is 0.497 e. The highest BCUT2D eigenvalue weighted by molar-refractivity contribution is 5.83. The van der Waals surface area contributed by atoms with Gasteiger partial charge in [-0.05, 0) is 24.6 Å². The van der Waals surface area contributed by atoms with Crippen molar-refractivity contribution in [3.05, 3.63) is 34.3 Å². The fourth-order valence-corrected chi connectivity index (χ4v) is 1.96. The lowest BCUT2D eigenvalue weighted by Crippen LogP contribution is -2.11. The van der Waals surface area contributed by atoms with Crippen LogP contribution in [0.1, 0.15) is 12.6 Å². The molecule has 2 aromatic rings. The summed E-state index contributed by atoms with van der Waals surface area (Å²) in [6.45, 7) is 4.38. The first kappa shape index (κ1) is 12.3. The highest BCUT2D eigenvalue weighted by atomic mass is 16.5. The molecule has 6 nitrogen and oxygen atoms in total. The molecule has 18 heavy (non-hydrogen) atoms. The number of aryl methyl sites for hydroxylation is 1. The van der Waals surface area contributed by atoms with E-state index < -0.39 is 0 Å². The fourth-order valence-electron chi connectivity index (χ4n) is 1.96. The van der Waals surface area contributed by atoms with Gasteiger partial charge in [0.1, 0.15) is 5.75 Å². The first-order chi connectivity index (χ1) is 8.65. The zero-order chi connectivity index (χ0) is 13.1. The standard InChI is InChI=1S/C12H15N5O/c1-8(14-16-13)7-17-12-6-10(18-3)4-5-11(12)9(2)15-17/h4-6,8H,7H2,1-3H3. The summed E-state index contributed by atoms with van der Waals surface area (Å²) >= 11 is 0. The lowest BCUT2D eigenvalue weighted by molar-refractivity contribution is 0.415. The average molecular weight is 245 g/mol. The number of ether oxygens (including phenoxy) is 1. The quantitative estimate of drug-likeness (QED) is 0.471. The normalized spacial score (nSPS) is 12.2. The molecule has 0 spiro atoms. The molecule has 0 amide bonds. The minimum absolute atomic E-state index is 0.135. The molecule has 0 aliphatic heterocycles. The van der Waals surface area contributed by atoms with Crippen LogP contribution in [0.4, 0.5) is 0 Å². The van der Waals surface area contributed by atoms with E-state index in [1.807, 2.05) is 36.7 Å². The summed E-state index contributed by atoms with van der Waals surface area (Å²) in [6.07, 6.45) is 0. The van der Waals surface area contributed by atoms with Gasteiger partial charge in [-0.25, -0.2) is 0 Å². The average Bonchev–Trinajstić information content (AvgIpc) is 2.66. The van der Waals surface area contributed by atoms with Crippen LogP contribution in [0, 0.1) is 6.92 Å². The number of hydrogen-bond donors (Lipinski definition) is 0. The van der Waals surface area contributed by atoms with E-state index in [0.717, 1.165) is 22.3 Å². The number of benzene rings is 1. The first-order valence-electron chi connectivity index (χ1n) is 5.71. The zero-order valence-corrected chi connectivity index (χ0v) is 10.7. The molecule has 0 saturated carbocycles. The number of hydrogen-bond acceptors (Lipinski definition) is 3. The molecular formula is C12H15N5O. The van der Waals surface area contributed by atoms with E-state index in [9.17, 15) is 0 Å². The van der Waals surface area contributed by atoms with Crippen molar-refractivity contribution in [2.75, 3.05) is 7.11 Å². The molecule has 0 bridgehead atoms. The fraction of sp³-hybridized carbons (Fsp3) is 0.417. The van der Waals surface area contributed by atoms with E-state index in [-0.39, 0.29) is 6.04 Å². The Balaban J connectivity index is 2.46. The number of azide groups is 1. The van der Waals surface area contributed by atoms with Gasteiger partial charge >= 0.3 is 0 Å². The Morgan fingerprint density at radius 3 is 3.00 bits per heavy atom. The number of nitrogens with zero attached hydrogens (tertiary/aromatic N) is 5. The maximum atomic E-state index is 8.42. The van der Waals surface area contributed by atoms with Gasteiger partial charge in [-0.3, -0.25) is 4.68 Å². The number of rotatable bonds is 4. The third-order valence-corrected chi connectivity index (χ3v) is 2.83. The second kappa shape index (κ2) is 4.98. The Labute approximate surface area is 105 Å². The van der Waals surface area contributed by atoms with Gasteiger partial charge in [0.2, 0.25) is 0 Å². The van der Waals surface area contributed by atoms with Gasteiger partial charge in [-0.1, -0.05) is 12.0 Å². The molecule has 1 unspecified atom stereocenters. The maximum Gasteiger partial charge on any atom is 0.121 e. The van der Waals surface area contributed by atoms with Crippen LogP contribution in [0.2, 0.25) is 0 Å². The van der Waals surface area contributed by atoms with Gasteiger partial charge in [0.15, 0.2) is 0 Å². The summed E-state index contributed by atoms with van der Waals surface area (Å²) in [4.78, 5) is 2.81. The van der Waals surface area contributed by atoms with Crippen molar-refractivity contribution in [2.45, 2.75) is 26.4 Å². The van der Waals surface area contributed by atoms with Gasteiger partial charge in [0.05, 0.1) is 24.4 Å². The van der Waals surface area contributed by atoms with E-state index in [0.29, 0.717) is 6.54 Å². The molecule has 1 aromatic carbocycles. The van der Waals surface area contributed by atoms with Crippen LogP contribution in [0.15, 0.2) is 23.3 Å². The van der Waals surface area contributed by atoms with Gasteiger partial charge in [-0.15, -0.1) is 0 Å². The smallest absolute Gasteiger partial charge is 0.121 e. The molecule has 0 aliphatic carbocycles. The van der Waals surface area contributed by atoms with Crippen LogP contribution in [0.5, 0.6) is 5.75 Å². The summed E-state index contributed by atoms with van der Waals surface area (Å²) in [5.74, 6) is 0.792. The Kier molecular flexibility index (Phi) is 3.39. The zero-order valence-electron chi connectivity index (χ0n) is 10.7. The number of methoxy groups -OCH3 is 1. The van der Waals surface area contributed by atoms with Crippen molar-refractivity contribution in [3.63, 3.8) is 0 Å². The van der Waals surface area contributed by atoms with Gasteiger partial charge < -0.3 is 4.74 Å². The molecule has 6 heteroatoms. The molecular weight excluding hydrogens is 230 g/mol. The van der Waals surface area contributed by atoms with Crippen molar-refractivity contribution >= 4 is 10.9 Å². The lowest BCUT2D eigenvalue weighted by atomic mass is 10.2. The maximum absolute atomic E-state index is 8.42. The van der Waals surface area contributed by atoms with Crippen molar-refractivity contribution in [1.82, 2.24) is 9.78 Å². The van der Waals surface area contributed by atoms with Crippen LogP contribution < -0.4 is 4.74 Å². The monoisotopic (exact) mass is 245 g/mol. The molecule has 2 rings (SSSR count). The van der Waals surface area contributed by atoms with E-state index in [2.05, 4.69) is 15.1 Å². The second-order valence-corrected chi connectivity index (χ2v) is 4.20. The van der Waals surface area contributed by atoms with Crippen molar-refractivity contribution in [1.29, 1.82) is 0 Å². The van der Waals surface area contributed by atoms with Gasteiger partial charge in [0.25, 0.3) is 0 Å². The van der Waals surface area contributed by atoms with Crippen LogP contribution in [-0.2, 0) is 6.54 Å². The molecule has 1 aromatic heterocycles. The molecule has 1 atom stereocenters. The minimum atomic E-state index is -0.135. The third-order valence-electron chi connectivity index (χ3n) is 2.83. The Hall–Kier alpha value is -2.20. The van der Waals surface area contributed by atoms with Crippen molar-refractivity contribution in [2.24, 2.45) is 5.11 Å². The summed E-state index contributed by atoms with van der Waals surface area (Å²) in [5, 5.41) is 9.22. The van der Waals surface area contributed by atoms with E-state index in [1.54, 1.807) is 7.11 Å². The van der Waals surface area contributed by atoms with E-state index in [1.165, 1.54) is 0 Å². The third kappa shape index (κ3) is 2.24. The lowest BCUT2D eigenvalue weighted by Gasteiger charge is -2.07. The van der Waals surface area contributed by atoms with Gasteiger partial charge in [-0.2, -0.15) is 5.10 Å². The van der Waals surface area contributed by atoms with E-state index in [4.69, 9.17) is 10.3 Å². The highest BCUT2D eigenvalue weighted by Crippen LogP contribution is 2.23. The molecule has 0 fully saturated rings. The molecule has 0 radical (unpaired) electrons. The van der Waals surface area contributed by atoms with Crippen molar-refractivity contribution in [3.8, 4) is 5.75 Å². The van der Waals surface area contributed by atoms with E-state index >= 15 is 0 Å². The Bertz CT molecular complexity index is 612. The first-order valence-corrected chi connectivity index (χ1v) is 5.71. The number of aromatic nitrogens is 2. The summed E-state index contributed by atoms with van der Waals surface area (Å²) in [7, 11) is 1.64. The topological polar surface area (TPSA) is 75.8 Å². The molecule has 0 aliphatic rings. The summed E-state index contributed by atoms with van der Waals surface area (Å²) in [5.41, 5.74) is 10.4. The Morgan fingerprint density at radius 2 is 2.33 bits per heavy atom. The predicted octanol–water partition coefficient (Wildman–Crippen LogP) is 3.05. The number of fused-ring (bicyclic) bond motifs is 1.